The predicted molar refractivity (Wildman–Crippen MR) is 44.5 cm³/mol. The van der Waals surface area contributed by atoms with Crippen LogP contribution in [0.2, 0.25) is 0 Å². The SMILES string of the molecule is CC(=O)C1=NNC(C)(C)C1C. The summed E-state index contributed by atoms with van der Waals surface area (Å²) in [6.07, 6.45) is 0. The van der Waals surface area contributed by atoms with Gasteiger partial charge in [0.2, 0.25) is 0 Å². The van der Waals surface area contributed by atoms with Crippen molar-refractivity contribution in [3.8, 4) is 0 Å². The van der Waals surface area contributed by atoms with Gasteiger partial charge in [0.15, 0.2) is 5.78 Å². The molecule has 0 amide bonds. The van der Waals surface area contributed by atoms with Crippen LogP contribution in [0.1, 0.15) is 27.7 Å². The van der Waals surface area contributed by atoms with Crippen molar-refractivity contribution in [2.45, 2.75) is 33.2 Å². The molecule has 0 aromatic carbocycles. The van der Waals surface area contributed by atoms with Crippen molar-refractivity contribution < 1.29 is 4.79 Å². The summed E-state index contributed by atoms with van der Waals surface area (Å²) in [5, 5.41) is 3.99. The fraction of sp³-hybridized carbons (Fsp3) is 0.750. The molecule has 0 aliphatic carbocycles. The van der Waals surface area contributed by atoms with Gasteiger partial charge in [-0.15, -0.1) is 0 Å². The van der Waals surface area contributed by atoms with Crippen molar-refractivity contribution in [3.05, 3.63) is 0 Å². The van der Waals surface area contributed by atoms with Crippen molar-refractivity contribution in [1.29, 1.82) is 0 Å². The van der Waals surface area contributed by atoms with E-state index in [1.807, 2.05) is 20.8 Å². The molecule has 0 spiro atoms. The highest BCUT2D eigenvalue weighted by atomic mass is 16.1. The second-order valence-electron chi connectivity index (χ2n) is 3.61. The summed E-state index contributed by atoms with van der Waals surface area (Å²) in [6, 6.07) is 0. The zero-order valence-corrected chi connectivity index (χ0v) is 7.43. The number of carbonyl (C=O) groups is 1. The van der Waals surface area contributed by atoms with E-state index in [0.717, 1.165) is 0 Å². The highest BCUT2D eigenvalue weighted by molar-refractivity contribution is 6.40. The molecule has 0 saturated carbocycles. The maximum Gasteiger partial charge on any atom is 0.176 e. The van der Waals surface area contributed by atoms with Gasteiger partial charge in [0.25, 0.3) is 0 Å². The van der Waals surface area contributed by atoms with Crippen LogP contribution in [0.25, 0.3) is 0 Å². The lowest BCUT2D eigenvalue weighted by Gasteiger charge is -2.23. The van der Waals surface area contributed by atoms with E-state index in [9.17, 15) is 4.79 Å². The molecule has 1 aliphatic heterocycles. The van der Waals surface area contributed by atoms with Crippen molar-refractivity contribution in [2.24, 2.45) is 11.0 Å². The first kappa shape index (κ1) is 8.24. The van der Waals surface area contributed by atoms with Crippen LogP contribution >= 0.6 is 0 Å². The molecule has 0 bridgehead atoms. The Kier molecular flexibility index (Phi) is 1.74. The zero-order chi connectivity index (χ0) is 8.65. The molecule has 1 N–H and O–H groups in total. The molecule has 0 fully saturated rings. The van der Waals surface area contributed by atoms with Crippen molar-refractivity contribution in [3.63, 3.8) is 0 Å². The van der Waals surface area contributed by atoms with Gasteiger partial charge in [0.1, 0.15) is 5.71 Å². The normalized spacial score (nSPS) is 27.6. The Balaban J connectivity index is 2.83. The molecule has 1 heterocycles. The highest BCUT2D eigenvalue weighted by Crippen LogP contribution is 2.23. The average Bonchev–Trinajstić information content (AvgIpc) is 2.09. The van der Waals surface area contributed by atoms with E-state index in [2.05, 4.69) is 10.5 Å². The van der Waals surface area contributed by atoms with Gasteiger partial charge in [-0.1, -0.05) is 6.92 Å². The van der Waals surface area contributed by atoms with Gasteiger partial charge in [-0.05, 0) is 13.8 Å². The number of Topliss-reactive ketones (excluding diaryl/α,β-unsaturated/α-hetero) is 1. The number of hydrazone groups is 1. The van der Waals surface area contributed by atoms with E-state index >= 15 is 0 Å². The van der Waals surface area contributed by atoms with Crippen LogP contribution in [-0.2, 0) is 4.79 Å². The second kappa shape index (κ2) is 2.32. The number of hydrogen-bond donors (Lipinski definition) is 1. The Morgan fingerprint density at radius 1 is 1.64 bits per heavy atom. The summed E-state index contributed by atoms with van der Waals surface area (Å²) in [6.45, 7) is 7.65. The van der Waals surface area contributed by atoms with Gasteiger partial charge in [-0.2, -0.15) is 5.10 Å². The Morgan fingerprint density at radius 2 is 2.18 bits per heavy atom. The first-order valence-corrected chi connectivity index (χ1v) is 3.81. The molecule has 1 rings (SSSR count). The summed E-state index contributed by atoms with van der Waals surface area (Å²) < 4.78 is 0. The third-order valence-electron chi connectivity index (χ3n) is 2.32. The molecule has 62 valence electrons. The van der Waals surface area contributed by atoms with Gasteiger partial charge in [-0.25, -0.2) is 0 Å². The monoisotopic (exact) mass is 154 g/mol. The number of nitrogens with one attached hydrogen (secondary N) is 1. The maximum absolute atomic E-state index is 11.0. The van der Waals surface area contributed by atoms with Gasteiger partial charge in [-0.3, -0.25) is 4.79 Å². The molecular formula is C8H14N2O. The van der Waals surface area contributed by atoms with E-state index in [1.165, 1.54) is 0 Å². The third kappa shape index (κ3) is 1.27. The van der Waals surface area contributed by atoms with Crippen LogP contribution in [-0.4, -0.2) is 17.0 Å². The maximum atomic E-state index is 11.0. The van der Waals surface area contributed by atoms with Crippen LogP contribution in [0.3, 0.4) is 0 Å². The lowest BCUT2D eigenvalue weighted by molar-refractivity contribution is -0.111. The smallest absolute Gasteiger partial charge is 0.176 e. The van der Waals surface area contributed by atoms with Gasteiger partial charge in [0.05, 0.1) is 5.54 Å². The standard InChI is InChI=1S/C8H14N2O/c1-5-7(6(2)11)9-10-8(5,3)4/h5,10H,1-4H3. The van der Waals surface area contributed by atoms with Gasteiger partial charge < -0.3 is 5.43 Å². The van der Waals surface area contributed by atoms with Crippen molar-refractivity contribution in [2.75, 3.05) is 0 Å². The molecule has 0 radical (unpaired) electrons. The Labute approximate surface area is 66.9 Å². The molecule has 3 nitrogen and oxygen atoms in total. The van der Waals surface area contributed by atoms with E-state index in [0.29, 0.717) is 5.71 Å². The fourth-order valence-electron chi connectivity index (χ4n) is 1.12. The number of rotatable bonds is 1. The fourth-order valence-corrected chi connectivity index (χ4v) is 1.12. The third-order valence-corrected chi connectivity index (χ3v) is 2.32. The minimum Gasteiger partial charge on any atom is -0.303 e. The van der Waals surface area contributed by atoms with Gasteiger partial charge >= 0.3 is 0 Å². The Hall–Kier alpha value is -0.860. The van der Waals surface area contributed by atoms with E-state index in [1.54, 1.807) is 6.92 Å². The molecule has 1 atom stereocenters. The van der Waals surface area contributed by atoms with Crippen LogP contribution < -0.4 is 5.43 Å². The average molecular weight is 154 g/mol. The summed E-state index contributed by atoms with van der Waals surface area (Å²) in [4.78, 5) is 11.0. The van der Waals surface area contributed by atoms with Crippen LogP contribution in [0.4, 0.5) is 0 Å². The van der Waals surface area contributed by atoms with E-state index < -0.39 is 0 Å². The molecule has 0 saturated heterocycles. The molecule has 0 aromatic rings. The van der Waals surface area contributed by atoms with Crippen LogP contribution in [0.15, 0.2) is 5.10 Å². The second-order valence-corrected chi connectivity index (χ2v) is 3.61. The van der Waals surface area contributed by atoms with Crippen LogP contribution in [0.5, 0.6) is 0 Å². The number of ketones is 1. The zero-order valence-electron chi connectivity index (χ0n) is 7.43. The first-order chi connectivity index (χ1) is 4.95. The molecule has 1 unspecified atom stereocenters. The summed E-state index contributed by atoms with van der Waals surface area (Å²) >= 11 is 0. The Morgan fingerprint density at radius 3 is 2.36 bits per heavy atom. The number of carbonyl (C=O) groups excluding carboxylic acids is 1. The lowest BCUT2D eigenvalue weighted by atomic mass is 9.86. The Bertz CT molecular complexity index is 218. The molecular weight excluding hydrogens is 140 g/mol. The van der Waals surface area contributed by atoms with Gasteiger partial charge in [0, 0.05) is 12.8 Å². The number of nitrogens with zero attached hydrogens (tertiary/aromatic N) is 1. The van der Waals surface area contributed by atoms with Crippen LogP contribution in [0, 0.1) is 5.92 Å². The molecule has 3 heteroatoms. The summed E-state index contributed by atoms with van der Waals surface area (Å²) in [7, 11) is 0. The summed E-state index contributed by atoms with van der Waals surface area (Å²) in [5.41, 5.74) is 3.54. The molecule has 1 aliphatic rings. The molecule has 0 aromatic heterocycles. The highest BCUT2D eigenvalue weighted by Gasteiger charge is 2.36. The van der Waals surface area contributed by atoms with Crippen molar-refractivity contribution >= 4 is 11.5 Å². The van der Waals surface area contributed by atoms with Crippen molar-refractivity contribution in [1.82, 2.24) is 5.43 Å². The minimum absolute atomic E-state index is 0.0653. The summed E-state index contributed by atoms with van der Waals surface area (Å²) in [5.74, 6) is 0.274. The van der Waals surface area contributed by atoms with E-state index in [-0.39, 0.29) is 17.2 Å². The van der Waals surface area contributed by atoms with E-state index in [4.69, 9.17) is 0 Å². The topological polar surface area (TPSA) is 41.5 Å². The minimum atomic E-state index is -0.0684. The predicted octanol–water partition coefficient (Wildman–Crippen LogP) is 0.949. The quantitative estimate of drug-likeness (QED) is 0.611. The first-order valence-electron chi connectivity index (χ1n) is 3.81. The number of hydrogen-bond acceptors (Lipinski definition) is 3. The lowest BCUT2D eigenvalue weighted by Crippen LogP contribution is -2.39. The largest absolute Gasteiger partial charge is 0.303 e. The molecule has 11 heavy (non-hydrogen) atoms.